The molecule has 0 atom stereocenters. The van der Waals surface area contributed by atoms with E-state index in [1.54, 1.807) is 19.2 Å². The van der Waals surface area contributed by atoms with Gasteiger partial charge in [-0.25, -0.2) is 18.2 Å². The monoisotopic (exact) mass is 386 g/mol. The molecule has 0 aliphatic carbocycles. The largest absolute Gasteiger partial charge is 0.329 e. The normalized spacial score (nSPS) is 17.4. The zero-order chi connectivity index (χ0) is 19.5. The van der Waals surface area contributed by atoms with E-state index in [1.807, 2.05) is 0 Å². The van der Waals surface area contributed by atoms with Gasteiger partial charge in [0.2, 0.25) is 0 Å². The highest BCUT2D eigenvalue weighted by Crippen LogP contribution is 2.28. The third-order valence-electron chi connectivity index (χ3n) is 4.58. The molecular formula is C17H14N4O5S. The molecule has 4 rings (SSSR count). The zero-order valence-electron chi connectivity index (χ0n) is 14.4. The molecule has 27 heavy (non-hydrogen) atoms. The predicted octanol–water partition coefficient (Wildman–Crippen LogP) is 0.0139. The van der Waals surface area contributed by atoms with Crippen LogP contribution in [0, 0.1) is 0 Å². The maximum Gasteiger partial charge on any atom is 0.329 e. The van der Waals surface area contributed by atoms with Crippen LogP contribution in [-0.2, 0) is 23.9 Å². The molecule has 0 fully saturated rings. The number of Topliss-reactive ketones (excluding diaryl/α,β-unsaturated/α-hetero) is 1. The second-order valence-corrected chi connectivity index (χ2v) is 8.23. The van der Waals surface area contributed by atoms with Crippen molar-refractivity contribution in [3.8, 4) is 0 Å². The van der Waals surface area contributed by atoms with E-state index in [1.165, 1.54) is 34.4 Å². The number of carbonyl (C=O) groups is 1. The molecule has 0 saturated heterocycles. The van der Waals surface area contributed by atoms with Crippen molar-refractivity contribution in [2.45, 2.75) is 4.90 Å². The Morgan fingerprint density at radius 2 is 1.81 bits per heavy atom. The maximum atomic E-state index is 12.7. The molecule has 10 heteroatoms. The summed E-state index contributed by atoms with van der Waals surface area (Å²) >= 11 is 0. The molecule has 3 aromatic rings. The summed E-state index contributed by atoms with van der Waals surface area (Å²) in [6, 6.07) is 6.03. The number of aromatic nitrogens is 4. The summed E-state index contributed by atoms with van der Waals surface area (Å²) in [5.41, 5.74) is -0.775. The van der Waals surface area contributed by atoms with Crippen LogP contribution in [0.15, 0.2) is 44.3 Å². The number of hydrogen-bond acceptors (Lipinski definition) is 6. The quantitative estimate of drug-likeness (QED) is 0.588. The van der Waals surface area contributed by atoms with Gasteiger partial charge in [-0.05, 0) is 18.2 Å². The molecule has 3 heterocycles. The van der Waals surface area contributed by atoms with Gasteiger partial charge in [-0.3, -0.25) is 19.1 Å². The highest BCUT2D eigenvalue weighted by atomic mass is 32.2. The van der Waals surface area contributed by atoms with Crippen molar-refractivity contribution in [1.82, 2.24) is 19.1 Å². The number of ketones is 1. The lowest BCUT2D eigenvalue weighted by Gasteiger charge is -2.17. The highest BCUT2D eigenvalue weighted by molar-refractivity contribution is 7.91. The molecule has 0 saturated carbocycles. The van der Waals surface area contributed by atoms with E-state index in [2.05, 4.69) is 9.97 Å². The standard InChI is InChI=1S/C17H14N4O5S/c1-20-12(18-15-13(20)16(23)19-17(24)21(15)2)7-9-8-27(25,26)11-6-4-3-5-10(11)14(9)22/h3-7H,8H2,1-2H3,(H,19,23,24)/b9-7-. The fourth-order valence-corrected chi connectivity index (χ4v) is 4.72. The lowest BCUT2D eigenvalue weighted by atomic mass is 10.0. The van der Waals surface area contributed by atoms with Crippen molar-refractivity contribution in [1.29, 1.82) is 0 Å². The number of benzene rings is 1. The van der Waals surface area contributed by atoms with E-state index in [0.29, 0.717) is 0 Å². The average molecular weight is 386 g/mol. The van der Waals surface area contributed by atoms with Gasteiger partial charge in [0.1, 0.15) is 5.82 Å². The number of fused-ring (bicyclic) bond motifs is 2. The number of aryl methyl sites for hydroxylation is 2. The Hall–Kier alpha value is -3.27. The highest BCUT2D eigenvalue weighted by Gasteiger charge is 2.32. The van der Waals surface area contributed by atoms with Crippen LogP contribution in [0.1, 0.15) is 16.2 Å². The molecule has 1 aliphatic heterocycles. The molecule has 1 N–H and O–H groups in total. The number of aromatic amines is 1. The number of hydrogen-bond donors (Lipinski definition) is 1. The van der Waals surface area contributed by atoms with Gasteiger partial charge in [0.25, 0.3) is 5.56 Å². The first-order valence-electron chi connectivity index (χ1n) is 7.93. The topological polar surface area (TPSA) is 124 Å². The summed E-state index contributed by atoms with van der Waals surface area (Å²) < 4.78 is 27.6. The van der Waals surface area contributed by atoms with Crippen LogP contribution < -0.4 is 11.2 Å². The summed E-state index contributed by atoms with van der Waals surface area (Å²) in [4.78, 5) is 43.0. The second-order valence-electron chi connectivity index (χ2n) is 6.27. The fraction of sp³-hybridized carbons (Fsp3) is 0.176. The number of carbonyl (C=O) groups excluding carboxylic acids is 1. The van der Waals surface area contributed by atoms with Gasteiger partial charge in [0.05, 0.1) is 10.6 Å². The molecule has 0 amide bonds. The molecule has 2 aromatic heterocycles. The van der Waals surface area contributed by atoms with E-state index >= 15 is 0 Å². The van der Waals surface area contributed by atoms with Crippen molar-refractivity contribution in [2.24, 2.45) is 14.1 Å². The lowest BCUT2D eigenvalue weighted by molar-refractivity contribution is 0.103. The van der Waals surface area contributed by atoms with E-state index in [0.717, 1.165) is 0 Å². The predicted molar refractivity (Wildman–Crippen MR) is 97.4 cm³/mol. The molecule has 1 aromatic carbocycles. The summed E-state index contributed by atoms with van der Waals surface area (Å²) in [6.45, 7) is 0. The smallest absolute Gasteiger partial charge is 0.322 e. The van der Waals surface area contributed by atoms with E-state index in [-0.39, 0.29) is 33.0 Å². The van der Waals surface area contributed by atoms with Crippen LogP contribution in [-0.4, -0.2) is 39.1 Å². The maximum absolute atomic E-state index is 12.7. The van der Waals surface area contributed by atoms with E-state index < -0.39 is 32.6 Å². The minimum absolute atomic E-state index is 0.0102. The third kappa shape index (κ3) is 2.48. The van der Waals surface area contributed by atoms with Crippen LogP contribution >= 0.6 is 0 Å². The van der Waals surface area contributed by atoms with Crippen LogP contribution in [0.4, 0.5) is 0 Å². The summed E-state index contributed by atoms with van der Waals surface area (Å²) in [7, 11) is -0.651. The van der Waals surface area contributed by atoms with Gasteiger partial charge in [-0.1, -0.05) is 12.1 Å². The van der Waals surface area contributed by atoms with Crippen LogP contribution in [0.25, 0.3) is 17.2 Å². The van der Waals surface area contributed by atoms with E-state index in [4.69, 9.17) is 0 Å². The molecule has 9 nitrogen and oxygen atoms in total. The van der Waals surface area contributed by atoms with Crippen molar-refractivity contribution < 1.29 is 13.2 Å². The average Bonchev–Trinajstić information content (AvgIpc) is 2.94. The Kier molecular flexibility index (Phi) is 3.57. The number of imidazole rings is 1. The Labute approximate surface area is 152 Å². The van der Waals surface area contributed by atoms with Gasteiger partial charge in [-0.15, -0.1) is 0 Å². The number of H-pyrrole nitrogens is 1. The van der Waals surface area contributed by atoms with Crippen molar-refractivity contribution in [3.05, 3.63) is 62.1 Å². The van der Waals surface area contributed by atoms with Crippen molar-refractivity contribution >= 4 is 32.9 Å². The summed E-state index contributed by atoms with van der Waals surface area (Å²) in [5, 5.41) is 0. The number of rotatable bonds is 1. The first kappa shape index (κ1) is 17.2. The van der Waals surface area contributed by atoms with Crippen LogP contribution in [0.2, 0.25) is 0 Å². The van der Waals surface area contributed by atoms with Crippen LogP contribution in [0.5, 0.6) is 0 Å². The van der Waals surface area contributed by atoms with Gasteiger partial charge in [-0.2, -0.15) is 0 Å². The Morgan fingerprint density at radius 3 is 2.56 bits per heavy atom. The van der Waals surface area contributed by atoms with Crippen molar-refractivity contribution in [2.75, 3.05) is 5.75 Å². The SMILES string of the molecule is Cn1c(/C=C2/CS(=O)(=O)c3ccccc3C2=O)nc2c1c(=O)[nH]c(=O)n2C. The van der Waals surface area contributed by atoms with Gasteiger partial charge in [0, 0.05) is 25.2 Å². The first-order chi connectivity index (χ1) is 12.7. The zero-order valence-corrected chi connectivity index (χ0v) is 15.2. The summed E-state index contributed by atoms with van der Waals surface area (Å²) in [5.74, 6) is -0.661. The van der Waals surface area contributed by atoms with Gasteiger partial charge >= 0.3 is 5.69 Å². The van der Waals surface area contributed by atoms with Crippen LogP contribution in [0.3, 0.4) is 0 Å². The molecule has 0 bridgehead atoms. The lowest BCUT2D eigenvalue weighted by Crippen LogP contribution is -2.29. The minimum Gasteiger partial charge on any atom is -0.322 e. The Balaban J connectivity index is 1.96. The van der Waals surface area contributed by atoms with Gasteiger partial charge < -0.3 is 4.57 Å². The Bertz CT molecular complexity index is 1390. The molecule has 0 unspecified atom stereocenters. The number of sulfone groups is 1. The van der Waals surface area contributed by atoms with Gasteiger partial charge in [0.15, 0.2) is 26.8 Å². The van der Waals surface area contributed by atoms with E-state index in [9.17, 15) is 22.8 Å². The summed E-state index contributed by atoms with van der Waals surface area (Å²) in [6.07, 6.45) is 1.35. The Morgan fingerprint density at radius 1 is 1.11 bits per heavy atom. The minimum atomic E-state index is -3.66. The molecule has 0 radical (unpaired) electrons. The second kappa shape index (κ2) is 5.61. The third-order valence-corrected chi connectivity index (χ3v) is 6.29. The number of nitrogens with one attached hydrogen (secondary N) is 1. The van der Waals surface area contributed by atoms with Crippen molar-refractivity contribution in [3.63, 3.8) is 0 Å². The molecule has 138 valence electrons. The number of nitrogens with zero attached hydrogens (tertiary/aromatic N) is 3. The first-order valence-corrected chi connectivity index (χ1v) is 9.59. The fourth-order valence-electron chi connectivity index (χ4n) is 3.16. The molecule has 0 spiro atoms. The molecular weight excluding hydrogens is 372 g/mol. The molecule has 1 aliphatic rings.